The molecule has 1 aliphatic carbocycles. The molecule has 20 heavy (non-hydrogen) atoms. The Bertz CT molecular complexity index is 296. The molecule has 0 aromatic rings. The lowest BCUT2D eigenvalue weighted by Gasteiger charge is -2.28. The Kier molecular flexibility index (Phi) is 6.72. The lowest BCUT2D eigenvalue weighted by molar-refractivity contribution is 0.000576. The molecule has 4 nitrogen and oxygen atoms in total. The van der Waals surface area contributed by atoms with Gasteiger partial charge in [-0.1, -0.05) is 6.92 Å². The number of halogens is 1. The second-order valence-corrected chi connectivity index (χ2v) is 6.71. The standard InChI is InChI=1S/C15H28FNO3/c1-11-5-7-13(8-6-11)19-10-12(9-16)17-14(18)20-15(2,3)4/h11-13H,5-10H2,1-4H3,(H,17,18)/t11-,12-,13-/m0/s1. The molecule has 0 unspecified atom stereocenters. The molecular formula is C15H28FNO3. The molecule has 0 aromatic carbocycles. The molecule has 1 atom stereocenters. The van der Waals surface area contributed by atoms with Crippen LogP contribution in [0.5, 0.6) is 0 Å². The van der Waals surface area contributed by atoms with Gasteiger partial charge in [0.15, 0.2) is 0 Å². The zero-order valence-corrected chi connectivity index (χ0v) is 13.1. The number of carbonyl (C=O) groups excluding carboxylic acids is 1. The minimum atomic E-state index is -0.650. The third-order valence-electron chi connectivity index (χ3n) is 3.40. The van der Waals surface area contributed by atoms with Gasteiger partial charge in [0.1, 0.15) is 12.3 Å². The topological polar surface area (TPSA) is 47.6 Å². The zero-order chi connectivity index (χ0) is 15.2. The Morgan fingerprint density at radius 1 is 1.30 bits per heavy atom. The maximum Gasteiger partial charge on any atom is 0.408 e. The Morgan fingerprint density at radius 3 is 2.40 bits per heavy atom. The van der Waals surface area contributed by atoms with Crippen molar-refractivity contribution in [1.29, 1.82) is 0 Å². The van der Waals surface area contributed by atoms with E-state index < -0.39 is 24.4 Å². The lowest BCUT2D eigenvalue weighted by atomic mass is 9.89. The van der Waals surface area contributed by atoms with Gasteiger partial charge in [-0.05, 0) is 52.4 Å². The summed E-state index contributed by atoms with van der Waals surface area (Å²) < 4.78 is 23.7. The summed E-state index contributed by atoms with van der Waals surface area (Å²) in [4.78, 5) is 11.6. The van der Waals surface area contributed by atoms with Crippen molar-refractivity contribution in [3.8, 4) is 0 Å². The average molecular weight is 289 g/mol. The molecule has 0 heterocycles. The summed E-state index contributed by atoms with van der Waals surface area (Å²) >= 11 is 0. The molecule has 0 aromatic heterocycles. The summed E-state index contributed by atoms with van der Waals surface area (Å²) in [6, 6.07) is -0.635. The minimum Gasteiger partial charge on any atom is -0.444 e. The lowest BCUT2D eigenvalue weighted by Crippen LogP contribution is -2.43. The van der Waals surface area contributed by atoms with Crippen LogP contribution < -0.4 is 5.32 Å². The molecule has 1 fully saturated rings. The highest BCUT2D eigenvalue weighted by molar-refractivity contribution is 5.68. The second-order valence-electron chi connectivity index (χ2n) is 6.71. The molecule has 1 amide bonds. The summed E-state index contributed by atoms with van der Waals surface area (Å²) in [5.41, 5.74) is -0.578. The minimum absolute atomic E-state index is 0.195. The van der Waals surface area contributed by atoms with Crippen molar-refractivity contribution in [3.05, 3.63) is 0 Å². The fraction of sp³-hybridized carbons (Fsp3) is 0.933. The van der Waals surface area contributed by atoms with Crippen LogP contribution in [0.2, 0.25) is 0 Å². The Balaban J connectivity index is 2.27. The van der Waals surface area contributed by atoms with Crippen LogP contribution in [0.4, 0.5) is 9.18 Å². The van der Waals surface area contributed by atoms with E-state index in [2.05, 4.69) is 12.2 Å². The molecule has 5 heteroatoms. The predicted octanol–water partition coefficient (Wildman–Crippen LogP) is 3.44. The first-order valence-corrected chi connectivity index (χ1v) is 7.47. The zero-order valence-electron chi connectivity index (χ0n) is 13.1. The Labute approximate surface area is 121 Å². The van der Waals surface area contributed by atoms with Gasteiger partial charge in [0.2, 0.25) is 0 Å². The van der Waals surface area contributed by atoms with E-state index in [4.69, 9.17) is 9.47 Å². The number of hydrogen-bond donors (Lipinski definition) is 1. The van der Waals surface area contributed by atoms with Gasteiger partial charge in [0.05, 0.1) is 18.8 Å². The third kappa shape index (κ3) is 7.08. The van der Waals surface area contributed by atoms with Crippen LogP contribution in [0.25, 0.3) is 0 Å². The van der Waals surface area contributed by atoms with Gasteiger partial charge in [-0.3, -0.25) is 0 Å². The molecule has 0 radical (unpaired) electrons. The van der Waals surface area contributed by atoms with Crippen LogP contribution in [0, 0.1) is 5.92 Å². The summed E-state index contributed by atoms with van der Waals surface area (Å²) in [7, 11) is 0. The predicted molar refractivity (Wildman–Crippen MR) is 76.5 cm³/mol. The van der Waals surface area contributed by atoms with Gasteiger partial charge in [-0.25, -0.2) is 9.18 Å². The van der Waals surface area contributed by atoms with Crippen LogP contribution in [0.1, 0.15) is 53.4 Å². The molecule has 1 aliphatic rings. The normalized spacial score (nSPS) is 25.1. The number of hydrogen-bond acceptors (Lipinski definition) is 3. The Hall–Kier alpha value is -0.840. The van der Waals surface area contributed by atoms with Gasteiger partial charge >= 0.3 is 6.09 Å². The van der Waals surface area contributed by atoms with E-state index in [-0.39, 0.29) is 12.7 Å². The molecule has 1 N–H and O–H groups in total. The second kappa shape index (κ2) is 7.81. The van der Waals surface area contributed by atoms with Crippen molar-refractivity contribution in [2.24, 2.45) is 5.92 Å². The number of alkyl carbamates (subject to hydrolysis) is 1. The Morgan fingerprint density at radius 2 is 1.90 bits per heavy atom. The largest absolute Gasteiger partial charge is 0.444 e. The first-order chi connectivity index (χ1) is 9.30. The molecule has 1 saturated carbocycles. The number of amides is 1. The quantitative estimate of drug-likeness (QED) is 0.843. The fourth-order valence-corrected chi connectivity index (χ4v) is 2.25. The highest BCUT2D eigenvalue weighted by atomic mass is 19.1. The summed E-state index contributed by atoms with van der Waals surface area (Å²) in [5, 5.41) is 2.51. The van der Waals surface area contributed by atoms with E-state index in [1.54, 1.807) is 20.8 Å². The molecule has 118 valence electrons. The SMILES string of the molecule is CC(C)(C)OC(=O)N[C@@H](CF)CO[C@H]1CC[C@H](C)CC1. The van der Waals surface area contributed by atoms with Gasteiger partial charge in [0.25, 0.3) is 0 Å². The van der Waals surface area contributed by atoms with E-state index in [0.29, 0.717) is 0 Å². The maximum absolute atomic E-state index is 12.9. The summed E-state index contributed by atoms with van der Waals surface area (Å²) in [6.07, 6.45) is 3.95. The van der Waals surface area contributed by atoms with Gasteiger partial charge in [-0.15, -0.1) is 0 Å². The molecule has 1 rings (SSSR count). The van der Waals surface area contributed by atoms with Crippen molar-refractivity contribution in [1.82, 2.24) is 5.32 Å². The van der Waals surface area contributed by atoms with Gasteiger partial charge in [0, 0.05) is 0 Å². The number of alkyl halides is 1. The van der Waals surface area contributed by atoms with Gasteiger partial charge in [-0.2, -0.15) is 0 Å². The van der Waals surface area contributed by atoms with Crippen molar-refractivity contribution in [2.75, 3.05) is 13.3 Å². The number of ether oxygens (including phenoxy) is 2. The van der Waals surface area contributed by atoms with Crippen LogP contribution >= 0.6 is 0 Å². The van der Waals surface area contributed by atoms with Crippen LogP contribution in [0.15, 0.2) is 0 Å². The van der Waals surface area contributed by atoms with Crippen molar-refractivity contribution in [3.63, 3.8) is 0 Å². The van der Waals surface area contributed by atoms with E-state index in [0.717, 1.165) is 31.6 Å². The van der Waals surface area contributed by atoms with E-state index in [9.17, 15) is 9.18 Å². The maximum atomic E-state index is 12.9. The van der Waals surface area contributed by atoms with Crippen molar-refractivity contribution in [2.45, 2.75) is 71.1 Å². The van der Waals surface area contributed by atoms with E-state index in [1.165, 1.54) is 0 Å². The monoisotopic (exact) mass is 289 g/mol. The summed E-state index contributed by atoms with van der Waals surface area (Å²) in [5.74, 6) is 0.756. The van der Waals surface area contributed by atoms with E-state index >= 15 is 0 Å². The first-order valence-electron chi connectivity index (χ1n) is 7.47. The fourth-order valence-electron chi connectivity index (χ4n) is 2.25. The van der Waals surface area contributed by atoms with Crippen LogP contribution in [-0.2, 0) is 9.47 Å². The third-order valence-corrected chi connectivity index (χ3v) is 3.40. The number of rotatable bonds is 5. The number of carbonyl (C=O) groups is 1. The van der Waals surface area contributed by atoms with Crippen LogP contribution in [0.3, 0.4) is 0 Å². The first kappa shape index (κ1) is 17.2. The van der Waals surface area contributed by atoms with Crippen molar-refractivity contribution < 1.29 is 18.7 Å². The molecule has 0 bridgehead atoms. The number of nitrogens with one attached hydrogen (secondary N) is 1. The average Bonchev–Trinajstić information content (AvgIpc) is 2.34. The highest BCUT2D eigenvalue weighted by Gasteiger charge is 2.22. The summed E-state index contributed by atoms with van der Waals surface area (Å²) in [6.45, 7) is 7.12. The van der Waals surface area contributed by atoms with E-state index in [1.807, 2.05) is 0 Å². The van der Waals surface area contributed by atoms with Gasteiger partial charge < -0.3 is 14.8 Å². The molecule has 0 saturated heterocycles. The smallest absolute Gasteiger partial charge is 0.408 e. The highest BCUT2D eigenvalue weighted by Crippen LogP contribution is 2.25. The van der Waals surface area contributed by atoms with Crippen LogP contribution in [-0.4, -0.2) is 37.1 Å². The molecule has 0 aliphatic heterocycles. The molecule has 0 spiro atoms. The van der Waals surface area contributed by atoms with Crippen molar-refractivity contribution >= 4 is 6.09 Å². The molecular weight excluding hydrogens is 261 g/mol.